The van der Waals surface area contributed by atoms with Crippen LogP contribution in [-0.2, 0) is 15.0 Å². The molecule has 1 aliphatic rings. The molecule has 5 nitrogen and oxygen atoms in total. The van der Waals surface area contributed by atoms with Gasteiger partial charge in [0.2, 0.25) is 5.91 Å². The quantitative estimate of drug-likeness (QED) is 0.771. The number of halogens is 1. The third-order valence-electron chi connectivity index (χ3n) is 2.83. The molecule has 1 fully saturated rings. The number of hydrogen-bond donors (Lipinski definition) is 0. The van der Waals surface area contributed by atoms with Gasteiger partial charge in [-0.3, -0.25) is 9.78 Å². The van der Waals surface area contributed by atoms with Crippen molar-refractivity contribution in [3.8, 4) is 0 Å². The zero-order chi connectivity index (χ0) is 13.3. The van der Waals surface area contributed by atoms with Gasteiger partial charge in [0.25, 0.3) is 0 Å². The van der Waals surface area contributed by atoms with Crippen molar-refractivity contribution in [1.29, 1.82) is 0 Å². The summed E-state index contributed by atoms with van der Waals surface area (Å²) in [7, 11) is -4.54. The number of carbonyl (C=O) groups is 1. The van der Waals surface area contributed by atoms with Crippen LogP contribution in [0.3, 0.4) is 0 Å². The van der Waals surface area contributed by atoms with Crippen LogP contribution in [0.5, 0.6) is 0 Å². The second-order valence-corrected chi connectivity index (χ2v) is 5.85. The van der Waals surface area contributed by atoms with Crippen LogP contribution in [0.4, 0.5) is 9.57 Å². The predicted octanol–water partition coefficient (Wildman–Crippen LogP) is 1.04. The van der Waals surface area contributed by atoms with Gasteiger partial charge in [0.05, 0.1) is 5.75 Å². The van der Waals surface area contributed by atoms with Gasteiger partial charge < -0.3 is 4.90 Å². The third-order valence-corrected chi connectivity index (χ3v) is 3.70. The molecule has 0 aromatic carbocycles. The van der Waals surface area contributed by atoms with Crippen molar-refractivity contribution in [2.45, 2.75) is 13.3 Å². The minimum Gasteiger partial charge on any atom is -0.312 e. The van der Waals surface area contributed by atoms with E-state index in [9.17, 15) is 17.1 Å². The lowest BCUT2D eigenvalue weighted by Crippen LogP contribution is -2.25. The highest BCUT2D eigenvalue weighted by molar-refractivity contribution is 7.86. The molecule has 0 saturated carbocycles. The Morgan fingerprint density at radius 1 is 1.56 bits per heavy atom. The van der Waals surface area contributed by atoms with E-state index in [1.54, 1.807) is 25.3 Å². The van der Waals surface area contributed by atoms with Crippen molar-refractivity contribution in [3.05, 3.63) is 24.0 Å². The first-order valence-corrected chi connectivity index (χ1v) is 7.06. The molecular weight excluding hydrogens is 259 g/mol. The normalized spacial score (nSPS) is 20.4. The predicted molar refractivity (Wildman–Crippen MR) is 64.3 cm³/mol. The third kappa shape index (κ3) is 3.04. The molecule has 1 aromatic rings. The van der Waals surface area contributed by atoms with E-state index in [-0.39, 0.29) is 18.9 Å². The lowest BCUT2D eigenvalue weighted by atomic mass is 10.1. The van der Waals surface area contributed by atoms with Gasteiger partial charge in [-0.05, 0) is 19.1 Å². The van der Waals surface area contributed by atoms with E-state index in [0.717, 1.165) is 5.69 Å². The van der Waals surface area contributed by atoms with Gasteiger partial charge in [0.15, 0.2) is 0 Å². The minimum absolute atomic E-state index is 0.0600. The lowest BCUT2D eigenvalue weighted by molar-refractivity contribution is -0.117. The summed E-state index contributed by atoms with van der Waals surface area (Å²) in [6, 6.07) is 3.42. The zero-order valence-corrected chi connectivity index (χ0v) is 10.7. The molecule has 7 heteroatoms. The number of amides is 1. The number of nitrogens with zero attached hydrogens (tertiary/aromatic N) is 2. The van der Waals surface area contributed by atoms with Crippen LogP contribution in [0, 0.1) is 12.8 Å². The monoisotopic (exact) mass is 272 g/mol. The SMILES string of the molecule is Cc1cc(N2CC(CS(=O)(=O)F)CC2=O)ccn1. The van der Waals surface area contributed by atoms with E-state index >= 15 is 0 Å². The van der Waals surface area contributed by atoms with Crippen LogP contribution in [0.15, 0.2) is 18.3 Å². The Kier molecular flexibility index (Phi) is 3.34. The van der Waals surface area contributed by atoms with E-state index < -0.39 is 21.9 Å². The topological polar surface area (TPSA) is 67.3 Å². The highest BCUT2D eigenvalue weighted by Gasteiger charge is 2.33. The number of pyridine rings is 1. The van der Waals surface area contributed by atoms with Crippen molar-refractivity contribution in [1.82, 2.24) is 4.98 Å². The second-order valence-electron chi connectivity index (χ2n) is 4.44. The van der Waals surface area contributed by atoms with Crippen molar-refractivity contribution >= 4 is 21.8 Å². The summed E-state index contributed by atoms with van der Waals surface area (Å²) >= 11 is 0. The fourth-order valence-corrected chi connectivity index (χ4v) is 2.91. The maximum absolute atomic E-state index is 12.6. The zero-order valence-electron chi connectivity index (χ0n) is 9.84. The smallest absolute Gasteiger partial charge is 0.302 e. The van der Waals surface area contributed by atoms with Crippen LogP contribution < -0.4 is 4.90 Å². The van der Waals surface area contributed by atoms with Crippen LogP contribution in [0.25, 0.3) is 0 Å². The van der Waals surface area contributed by atoms with Crippen molar-refractivity contribution in [3.63, 3.8) is 0 Å². The number of aryl methyl sites for hydroxylation is 1. The van der Waals surface area contributed by atoms with Crippen molar-refractivity contribution in [2.75, 3.05) is 17.2 Å². The summed E-state index contributed by atoms with van der Waals surface area (Å²) in [5.74, 6) is -1.27. The highest BCUT2D eigenvalue weighted by atomic mass is 32.3. The Morgan fingerprint density at radius 2 is 2.28 bits per heavy atom. The van der Waals surface area contributed by atoms with Crippen LogP contribution >= 0.6 is 0 Å². The Bertz CT molecular complexity index is 573. The van der Waals surface area contributed by atoms with E-state index in [4.69, 9.17) is 0 Å². The molecule has 0 N–H and O–H groups in total. The summed E-state index contributed by atoms with van der Waals surface area (Å²) in [5, 5.41) is 0. The maximum atomic E-state index is 12.6. The van der Waals surface area contributed by atoms with Crippen molar-refractivity contribution in [2.24, 2.45) is 5.92 Å². The summed E-state index contributed by atoms with van der Waals surface area (Å²) in [5.41, 5.74) is 1.44. The molecule has 0 spiro atoms. The van der Waals surface area contributed by atoms with Gasteiger partial charge in [0.1, 0.15) is 0 Å². The van der Waals surface area contributed by atoms with Crippen LogP contribution in [-0.4, -0.2) is 31.6 Å². The number of hydrogen-bond acceptors (Lipinski definition) is 4. The average Bonchev–Trinajstić information content (AvgIpc) is 2.56. The Morgan fingerprint density at radius 3 is 2.89 bits per heavy atom. The summed E-state index contributed by atoms with van der Waals surface area (Å²) in [4.78, 5) is 17.3. The van der Waals surface area contributed by atoms with Gasteiger partial charge in [-0.25, -0.2) is 0 Å². The molecule has 2 heterocycles. The number of carbonyl (C=O) groups excluding carboxylic acids is 1. The average molecular weight is 272 g/mol. The molecule has 0 radical (unpaired) electrons. The van der Waals surface area contributed by atoms with Crippen LogP contribution in [0.1, 0.15) is 12.1 Å². The number of anilines is 1. The fraction of sp³-hybridized carbons (Fsp3) is 0.455. The van der Waals surface area contributed by atoms with E-state index in [2.05, 4.69) is 4.98 Å². The molecule has 0 bridgehead atoms. The summed E-state index contributed by atoms with van der Waals surface area (Å²) < 4.78 is 33.8. The molecule has 1 aliphatic heterocycles. The highest BCUT2D eigenvalue weighted by Crippen LogP contribution is 2.26. The fourth-order valence-electron chi connectivity index (χ4n) is 2.12. The lowest BCUT2D eigenvalue weighted by Gasteiger charge is -2.16. The molecule has 1 aromatic heterocycles. The minimum atomic E-state index is -4.54. The molecule has 1 saturated heterocycles. The largest absolute Gasteiger partial charge is 0.312 e. The van der Waals surface area contributed by atoms with E-state index in [1.165, 1.54) is 4.90 Å². The van der Waals surface area contributed by atoms with Gasteiger partial charge in [-0.2, -0.15) is 8.42 Å². The molecular formula is C11H13FN2O3S. The summed E-state index contributed by atoms with van der Waals surface area (Å²) in [6.45, 7) is 2.03. The van der Waals surface area contributed by atoms with Gasteiger partial charge in [-0.1, -0.05) is 0 Å². The first kappa shape index (κ1) is 12.9. The molecule has 1 unspecified atom stereocenters. The first-order valence-electron chi connectivity index (χ1n) is 5.50. The standard InChI is InChI=1S/C11H13FN2O3S/c1-8-4-10(2-3-13-8)14-6-9(5-11(14)15)7-18(12,16)17/h2-4,9H,5-7H2,1H3. The van der Waals surface area contributed by atoms with E-state index in [1.807, 2.05) is 0 Å². The van der Waals surface area contributed by atoms with Crippen molar-refractivity contribution < 1.29 is 17.1 Å². The number of aromatic nitrogens is 1. The Labute approximate surface area is 105 Å². The molecule has 1 atom stereocenters. The second kappa shape index (κ2) is 4.64. The van der Waals surface area contributed by atoms with Gasteiger partial charge in [-0.15, -0.1) is 3.89 Å². The Hall–Kier alpha value is -1.50. The number of rotatable bonds is 3. The molecule has 1 amide bonds. The van der Waals surface area contributed by atoms with E-state index in [0.29, 0.717) is 5.69 Å². The molecule has 18 heavy (non-hydrogen) atoms. The Balaban J connectivity index is 2.15. The van der Waals surface area contributed by atoms with Crippen LogP contribution in [0.2, 0.25) is 0 Å². The summed E-state index contributed by atoms with van der Waals surface area (Å²) in [6.07, 6.45) is 1.64. The first-order chi connectivity index (χ1) is 8.35. The molecule has 98 valence electrons. The molecule has 2 rings (SSSR count). The maximum Gasteiger partial charge on any atom is 0.302 e. The van der Waals surface area contributed by atoms with Gasteiger partial charge in [0, 0.05) is 36.5 Å². The molecule has 0 aliphatic carbocycles. The van der Waals surface area contributed by atoms with Gasteiger partial charge >= 0.3 is 10.2 Å².